The fourth-order valence-electron chi connectivity index (χ4n) is 2.40. The maximum atomic E-state index is 11.9. The second-order valence-corrected chi connectivity index (χ2v) is 6.61. The molecule has 1 aliphatic carbocycles. The van der Waals surface area contributed by atoms with Gasteiger partial charge in [-0.15, -0.1) is 0 Å². The van der Waals surface area contributed by atoms with Gasteiger partial charge in [-0.2, -0.15) is 10.2 Å². The normalized spacial score (nSPS) is 19.8. The highest BCUT2D eigenvalue weighted by Crippen LogP contribution is 2.20. The first-order valence-corrected chi connectivity index (χ1v) is 8.51. The van der Waals surface area contributed by atoms with Crippen molar-refractivity contribution in [2.24, 2.45) is 25.1 Å². The van der Waals surface area contributed by atoms with Crippen LogP contribution in [-0.2, 0) is 18.9 Å². The van der Waals surface area contributed by atoms with Crippen LogP contribution >= 0.6 is 11.8 Å². The number of nitrogens with zero attached hydrogens (tertiary/aromatic N) is 4. The zero-order valence-corrected chi connectivity index (χ0v) is 14.4. The summed E-state index contributed by atoms with van der Waals surface area (Å²) >= 11 is 0.994. The van der Waals surface area contributed by atoms with Crippen molar-refractivity contribution in [1.82, 2.24) is 19.8 Å². The molecule has 0 saturated heterocycles. The fraction of sp³-hybridized carbons (Fsp3) is 0.643. The van der Waals surface area contributed by atoms with E-state index in [1.165, 1.54) is 20.5 Å². The number of carbonyl (C=O) groups is 1. The molecule has 0 aliphatic heterocycles. The van der Waals surface area contributed by atoms with Crippen molar-refractivity contribution in [3.8, 4) is 0 Å². The van der Waals surface area contributed by atoms with Crippen molar-refractivity contribution in [1.29, 1.82) is 0 Å². The summed E-state index contributed by atoms with van der Waals surface area (Å²) < 4.78 is 2.04. The van der Waals surface area contributed by atoms with Crippen LogP contribution in [-0.4, -0.2) is 31.7 Å². The molecule has 126 valence electrons. The van der Waals surface area contributed by atoms with Crippen molar-refractivity contribution in [3.05, 3.63) is 20.8 Å². The number of amides is 1. The zero-order chi connectivity index (χ0) is 17.0. The molecule has 1 fully saturated rings. The molecule has 1 N–H and O–H groups in total. The van der Waals surface area contributed by atoms with Gasteiger partial charge < -0.3 is 0 Å². The molecule has 1 aromatic heterocycles. The molecule has 0 bridgehead atoms. The zero-order valence-electron chi connectivity index (χ0n) is 13.5. The highest BCUT2D eigenvalue weighted by molar-refractivity contribution is 7.99. The van der Waals surface area contributed by atoms with Gasteiger partial charge in [0.25, 0.3) is 5.56 Å². The Balaban J connectivity index is 1.96. The first kappa shape index (κ1) is 17.5. The first-order valence-electron chi connectivity index (χ1n) is 7.52. The SMILES string of the molecule is C[C@@H]1CCCC/C1=N/NC(=O)CSc1nn(C)c(=O)n(C)c1=O. The third kappa shape index (κ3) is 4.31. The smallest absolute Gasteiger partial charge is 0.272 e. The van der Waals surface area contributed by atoms with Crippen LogP contribution < -0.4 is 16.7 Å². The number of aryl methyl sites for hydroxylation is 1. The second kappa shape index (κ2) is 7.58. The molecule has 1 aromatic rings. The minimum Gasteiger partial charge on any atom is -0.272 e. The Morgan fingerprint density at radius 3 is 2.83 bits per heavy atom. The molecule has 1 atom stereocenters. The number of nitrogens with one attached hydrogen (secondary N) is 1. The number of hydrazone groups is 1. The molecule has 1 saturated carbocycles. The molecule has 1 heterocycles. The first-order chi connectivity index (χ1) is 10.9. The van der Waals surface area contributed by atoms with E-state index < -0.39 is 11.2 Å². The lowest BCUT2D eigenvalue weighted by Gasteiger charge is -2.19. The van der Waals surface area contributed by atoms with Gasteiger partial charge in [0.2, 0.25) is 5.91 Å². The minimum atomic E-state index is -0.502. The topological polar surface area (TPSA) is 98.3 Å². The number of carbonyl (C=O) groups excluding carboxylic acids is 1. The van der Waals surface area contributed by atoms with E-state index in [2.05, 4.69) is 22.5 Å². The van der Waals surface area contributed by atoms with Crippen LogP contribution in [0.1, 0.15) is 32.6 Å². The van der Waals surface area contributed by atoms with Crippen LogP contribution in [0.3, 0.4) is 0 Å². The molecular formula is C14H21N5O3S. The van der Waals surface area contributed by atoms with Gasteiger partial charge in [0.05, 0.1) is 5.75 Å². The van der Waals surface area contributed by atoms with Gasteiger partial charge in [0.15, 0.2) is 5.03 Å². The summed E-state index contributed by atoms with van der Waals surface area (Å²) in [5.74, 6) is 0.123. The molecule has 0 aromatic carbocycles. The highest BCUT2D eigenvalue weighted by atomic mass is 32.2. The number of rotatable bonds is 4. The minimum absolute atomic E-state index is 0.0194. The lowest BCUT2D eigenvalue weighted by molar-refractivity contribution is -0.118. The van der Waals surface area contributed by atoms with E-state index >= 15 is 0 Å². The Hall–Kier alpha value is -1.90. The van der Waals surface area contributed by atoms with Gasteiger partial charge in [0.1, 0.15) is 0 Å². The molecule has 1 amide bonds. The summed E-state index contributed by atoms with van der Waals surface area (Å²) in [4.78, 5) is 35.3. The predicted molar refractivity (Wildman–Crippen MR) is 88.7 cm³/mol. The Kier molecular flexibility index (Phi) is 5.75. The Morgan fingerprint density at radius 1 is 1.39 bits per heavy atom. The van der Waals surface area contributed by atoms with E-state index in [0.717, 1.165) is 46.0 Å². The van der Waals surface area contributed by atoms with Crippen LogP contribution in [0.2, 0.25) is 0 Å². The van der Waals surface area contributed by atoms with Crippen LogP contribution in [0.4, 0.5) is 0 Å². The van der Waals surface area contributed by atoms with Gasteiger partial charge in [-0.1, -0.05) is 25.1 Å². The van der Waals surface area contributed by atoms with Crippen molar-refractivity contribution in [3.63, 3.8) is 0 Å². The second-order valence-electron chi connectivity index (χ2n) is 5.65. The van der Waals surface area contributed by atoms with Gasteiger partial charge in [-0.25, -0.2) is 14.9 Å². The molecule has 0 radical (unpaired) electrons. The van der Waals surface area contributed by atoms with Crippen LogP contribution in [0.5, 0.6) is 0 Å². The number of hydrogen-bond donors (Lipinski definition) is 1. The predicted octanol–water partition coefficient (Wildman–Crippen LogP) is 0.253. The summed E-state index contributed by atoms with van der Waals surface area (Å²) in [5, 5.41) is 8.19. The summed E-state index contributed by atoms with van der Waals surface area (Å²) in [7, 11) is 2.84. The van der Waals surface area contributed by atoms with Crippen LogP contribution in [0.15, 0.2) is 19.7 Å². The third-order valence-electron chi connectivity index (χ3n) is 3.85. The van der Waals surface area contributed by atoms with Crippen LogP contribution in [0.25, 0.3) is 0 Å². The quantitative estimate of drug-likeness (QED) is 0.626. The molecule has 2 rings (SSSR count). The lowest BCUT2D eigenvalue weighted by Crippen LogP contribution is -2.39. The average Bonchev–Trinajstić information content (AvgIpc) is 2.54. The van der Waals surface area contributed by atoms with Gasteiger partial charge in [0, 0.05) is 19.8 Å². The molecule has 0 unspecified atom stereocenters. The van der Waals surface area contributed by atoms with E-state index in [9.17, 15) is 14.4 Å². The molecule has 0 spiro atoms. The molecule has 23 heavy (non-hydrogen) atoms. The highest BCUT2D eigenvalue weighted by Gasteiger charge is 2.16. The van der Waals surface area contributed by atoms with Crippen molar-refractivity contribution in [2.75, 3.05) is 5.75 Å². The van der Waals surface area contributed by atoms with Gasteiger partial charge >= 0.3 is 5.69 Å². The van der Waals surface area contributed by atoms with Gasteiger partial charge in [-0.05, 0) is 25.2 Å². The summed E-state index contributed by atoms with van der Waals surface area (Å²) in [6.45, 7) is 2.11. The molecule has 1 aliphatic rings. The van der Waals surface area contributed by atoms with Crippen LogP contribution in [0, 0.1) is 5.92 Å². The van der Waals surface area contributed by atoms with E-state index in [0.29, 0.717) is 5.92 Å². The number of thioether (sulfide) groups is 1. The number of aromatic nitrogens is 3. The third-order valence-corrected chi connectivity index (χ3v) is 4.78. The Morgan fingerprint density at radius 2 is 2.13 bits per heavy atom. The Bertz CT molecular complexity index is 737. The van der Waals surface area contributed by atoms with E-state index in [1.807, 2.05) is 0 Å². The van der Waals surface area contributed by atoms with Gasteiger partial charge in [-0.3, -0.25) is 14.2 Å². The summed E-state index contributed by atoms with van der Waals surface area (Å²) in [6.07, 6.45) is 4.32. The van der Waals surface area contributed by atoms with E-state index in [4.69, 9.17) is 0 Å². The fourth-order valence-corrected chi connectivity index (χ4v) is 3.17. The average molecular weight is 339 g/mol. The Labute approximate surface area is 138 Å². The maximum absolute atomic E-state index is 11.9. The van der Waals surface area contributed by atoms with Crippen molar-refractivity contribution in [2.45, 2.75) is 37.6 Å². The standard InChI is InChI=1S/C14H21N5O3S/c1-9-6-4-5-7-10(9)15-16-11(20)8-23-12-13(21)18(2)14(22)19(3)17-12/h9H,4-8H2,1-3H3,(H,16,20)/b15-10-/t9-/m1/s1. The monoisotopic (exact) mass is 339 g/mol. The summed E-state index contributed by atoms with van der Waals surface area (Å²) in [5.41, 5.74) is 2.55. The van der Waals surface area contributed by atoms with Crippen molar-refractivity contribution < 1.29 is 4.79 Å². The number of hydrogen-bond acceptors (Lipinski definition) is 6. The summed E-state index contributed by atoms with van der Waals surface area (Å²) in [6, 6.07) is 0. The van der Waals surface area contributed by atoms with E-state index in [-0.39, 0.29) is 16.7 Å². The molecule has 8 nitrogen and oxygen atoms in total. The van der Waals surface area contributed by atoms with E-state index in [1.54, 1.807) is 0 Å². The largest absolute Gasteiger partial charge is 0.346 e. The molecule has 9 heteroatoms. The maximum Gasteiger partial charge on any atom is 0.346 e. The van der Waals surface area contributed by atoms with Crippen molar-refractivity contribution >= 4 is 23.4 Å². The molecular weight excluding hydrogens is 318 g/mol. The lowest BCUT2D eigenvalue weighted by atomic mass is 9.89.